The highest BCUT2D eigenvalue weighted by Crippen LogP contribution is 2.16. The topological polar surface area (TPSA) is 52.5 Å². The fraction of sp³-hybridized carbons (Fsp3) is 0.0714. The van der Waals surface area contributed by atoms with Gasteiger partial charge in [-0.15, -0.1) is 5.10 Å². The van der Waals surface area contributed by atoms with Crippen molar-refractivity contribution in [3.05, 3.63) is 60.3 Å². The maximum Gasteiger partial charge on any atom is 0.234 e. The standard InChI is InChI=1S/C14H13N3O/c15-12-6-7-13-8-14(16-17(13)9-12)18-10-11-4-2-1-3-5-11/h1-9H,10,15H2. The van der Waals surface area contributed by atoms with Crippen LogP contribution in [0.4, 0.5) is 5.69 Å². The van der Waals surface area contributed by atoms with E-state index in [1.165, 1.54) is 0 Å². The first-order valence-electron chi connectivity index (χ1n) is 5.73. The molecule has 0 radical (unpaired) electrons. The molecule has 0 aliphatic heterocycles. The lowest BCUT2D eigenvalue weighted by atomic mass is 10.2. The van der Waals surface area contributed by atoms with E-state index in [9.17, 15) is 0 Å². The van der Waals surface area contributed by atoms with E-state index >= 15 is 0 Å². The summed E-state index contributed by atoms with van der Waals surface area (Å²) in [4.78, 5) is 0. The van der Waals surface area contributed by atoms with Crippen LogP contribution in [0.3, 0.4) is 0 Å². The summed E-state index contributed by atoms with van der Waals surface area (Å²) >= 11 is 0. The molecule has 4 nitrogen and oxygen atoms in total. The Labute approximate surface area is 105 Å². The van der Waals surface area contributed by atoms with Crippen LogP contribution >= 0.6 is 0 Å². The summed E-state index contributed by atoms with van der Waals surface area (Å²) in [6, 6.07) is 15.7. The Balaban J connectivity index is 1.79. The number of rotatable bonds is 3. The molecule has 0 spiro atoms. The van der Waals surface area contributed by atoms with E-state index in [0.29, 0.717) is 18.2 Å². The number of nitrogens with two attached hydrogens (primary N) is 1. The van der Waals surface area contributed by atoms with Crippen molar-refractivity contribution < 1.29 is 4.74 Å². The van der Waals surface area contributed by atoms with Crippen LogP contribution in [0, 0.1) is 0 Å². The van der Waals surface area contributed by atoms with Crippen LogP contribution in [0.2, 0.25) is 0 Å². The minimum atomic E-state index is 0.514. The van der Waals surface area contributed by atoms with E-state index in [2.05, 4.69) is 5.10 Å². The quantitative estimate of drug-likeness (QED) is 0.764. The van der Waals surface area contributed by atoms with Gasteiger partial charge < -0.3 is 10.5 Å². The van der Waals surface area contributed by atoms with Gasteiger partial charge in [-0.05, 0) is 17.7 Å². The molecule has 1 aromatic carbocycles. The Bertz CT molecular complexity index is 661. The molecule has 3 rings (SSSR count). The number of aromatic nitrogens is 2. The number of anilines is 1. The van der Waals surface area contributed by atoms with Gasteiger partial charge in [0.05, 0.1) is 17.4 Å². The van der Waals surface area contributed by atoms with Crippen molar-refractivity contribution in [1.29, 1.82) is 0 Å². The first-order chi connectivity index (χ1) is 8.81. The van der Waals surface area contributed by atoms with E-state index in [-0.39, 0.29) is 0 Å². The summed E-state index contributed by atoms with van der Waals surface area (Å²) in [5.74, 6) is 0.601. The normalized spacial score (nSPS) is 10.7. The largest absolute Gasteiger partial charge is 0.472 e. The number of hydrogen-bond acceptors (Lipinski definition) is 3. The molecular formula is C14H13N3O. The molecule has 0 fully saturated rings. The summed E-state index contributed by atoms with van der Waals surface area (Å²) in [6.45, 7) is 0.514. The van der Waals surface area contributed by atoms with E-state index in [1.54, 1.807) is 10.7 Å². The molecule has 90 valence electrons. The first kappa shape index (κ1) is 10.7. The molecule has 0 saturated carbocycles. The lowest BCUT2D eigenvalue weighted by Crippen LogP contribution is -1.96. The highest BCUT2D eigenvalue weighted by atomic mass is 16.5. The molecule has 2 N–H and O–H groups in total. The van der Waals surface area contributed by atoms with E-state index in [1.807, 2.05) is 48.5 Å². The van der Waals surface area contributed by atoms with Gasteiger partial charge >= 0.3 is 0 Å². The maximum absolute atomic E-state index is 5.70. The van der Waals surface area contributed by atoms with Gasteiger partial charge in [-0.25, -0.2) is 4.52 Å². The summed E-state index contributed by atoms with van der Waals surface area (Å²) < 4.78 is 7.36. The fourth-order valence-electron chi connectivity index (χ4n) is 1.78. The molecule has 3 aromatic rings. The molecule has 0 atom stereocenters. The Morgan fingerprint density at radius 1 is 1.11 bits per heavy atom. The van der Waals surface area contributed by atoms with E-state index in [4.69, 9.17) is 10.5 Å². The van der Waals surface area contributed by atoms with Crippen molar-refractivity contribution in [2.45, 2.75) is 6.61 Å². The number of fused-ring (bicyclic) bond motifs is 1. The van der Waals surface area contributed by atoms with Crippen molar-refractivity contribution in [1.82, 2.24) is 9.61 Å². The Morgan fingerprint density at radius 2 is 1.94 bits per heavy atom. The monoisotopic (exact) mass is 239 g/mol. The number of nitrogens with zero attached hydrogens (tertiary/aromatic N) is 2. The number of pyridine rings is 1. The molecule has 2 aromatic heterocycles. The fourth-order valence-corrected chi connectivity index (χ4v) is 1.78. The van der Waals surface area contributed by atoms with E-state index < -0.39 is 0 Å². The van der Waals surface area contributed by atoms with Crippen LogP contribution < -0.4 is 10.5 Å². The average Bonchev–Trinajstić information content (AvgIpc) is 2.79. The number of nitrogen functional groups attached to an aromatic ring is 1. The van der Waals surface area contributed by atoms with Gasteiger partial charge in [0.25, 0.3) is 0 Å². The number of hydrogen-bond donors (Lipinski definition) is 1. The van der Waals surface area contributed by atoms with Crippen LogP contribution in [0.25, 0.3) is 5.52 Å². The number of benzene rings is 1. The molecule has 0 saturated heterocycles. The predicted octanol–water partition coefficient (Wildman–Crippen LogP) is 2.50. The predicted molar refractivity (Wildman–Crippen MR) is 70.4 cm³/mol. The van der Waals surface area contributed by atoms with Crippen LogP contribution in [0.15, 0.2) is 54.7 Å². The third kappa shape index (κ3) is 2.13. The molecular weight excluding hydrogens is 226 g/mol. The average molecular weight is 239 g/mol. The first-order valence-corrected chi connectivity index (χ1v) is 5.73. The Kier molecular flexibility index (Phi) is 2.61. The van der Waals surface area contributed by atoms with Crippen LogP contribution in [-0.4, -0.2) is 9.61 Å². The van der Waals surface area contributed by atoms with Gasteiger partial charge in [0, 0.05) is 6.07 Å². The second-order valence-corrected chi connectivity index (χ2v) is 4.09. The van der Waals surface area contributed by atoms with Gasteiger partial charge in [0.15, 0.2) is 0 Å². The van der Waals surface area contributed by atoms with Gasteiger partial charge in [-0.3, -0.25) is 0 Å². The summed E-state index contributed by atoms with van der Waals surface area (Å²) in [5.41, 5.74) is 8.46. The third-order valence-corrected chi connectivity index (χ3v) is 2.69. The van der Waals surface area contributed by atoms with Crippen molar-refractivity contribution in [2.75, 3.05) is 5.73 Å². The molecule has 0 amide bonds. The molecule has 0 aliphatic rings. The van der Waals surface area contributed by atoms with Gasteiger partial charge in [-0.1, -0.05) is 30.3 Å². The second-order valence-electron chi connectivity index (χ2n) is 4.09. The van der Waals surface area contributed by atoms with Gasteiger partial charge in [-0.2, -0.15) is 0 Å². The lowest BCUT2D eigenvalue weighted by Gasteiger charge is -2.01. The van der Waals surface area contributed by atoms with Crippen molar-refractivity contribution in [2.24, 2.45) is 0 Å². The Morgan fingerprint density at radius 3 is 2.78 bits per heavy atom. The highest BCUT2D eigenvalue weighted by Gasteiger charge is 2.02. The summed E-state index contributed by atoms with van der Waals surface area (Å²) in [6.07, 6.45) is 1.77. The maximum atomic E-state index is 5.70. The minimum Gasteiger partial charge on any atom is -0.472 e. The lowest BCUT2D eigenvalue weighted by molar-refractivity contribution is 0.292. The van der Waals surface area contributed by atoms with Crippen molar-refractivity contribution >= 4 is 11.2 Å². The molecule has 4 heteroatoms. The second kappa shape index (κ2) is 4.41. The molecule has 2 heterocycles. The van der Waals surface area contributed by atoms with Crippen molar-refractivity contribution in [3.63, 3.8) is 0 Å². The van der Waals surface area contributed by atoms with Crippen molar-refractivity contribution in [3.8, 4) is 5.88 Å². The minimum absolute atomic E-state index is 0.514. The van der Waals surface area contributed by atoms with Crippen LogP contribution in [0.1, 0.15) is 5.56 Å². The van der Waals surface area contributed by atoms with Crippen LogP contribution in [-0.2, 0) is 6.61 Å². The van der Waals surface area contributed by atoms with Gasteiger partial charge in [0.2, 0.25) is 5.88 Å². The molecule has 18 heavy (non-hydrogen) atoms. The zero-order chi connectivity index (χ0) is 12.4. The molecule has 0 aliphatic carbocycles. The SMILES string of the molecule is Nc1ccc2cc(OCc3ccccc3)nn2c1. The van der Waals surface area contributed by atoms with E-state index in [0.717, 1.165) is 11.1 Å². The smallest absolute Gasteiger partial charge is 0.234 e. The van der Waals surface area contributed by atoms with Gasteiger partial charge in [0.1, 0.15) is 6.61 Å². The zero-order valence-corrected chi connectivity index (χ0v) is 9.78. The highest BCUT2D eigenvalue weighted by molar-refractivity contribution is 5.53. The molecule has 0 unspecified atom stereocenters. The molecule has 0 bridgehead atoms. The number of ether oxygens (including phenoxy) is 1. The van der Waals surface area contributed by atoms with Crippen LogP contribution in [0.5, 0.6) is 5.88 Å². The Hall–Kier alpha value is -2.49. The third-order valence-electron chi connectivity index (χ3n) is 2.69. The summed E-state index contributed by atoms with van der Waals surface area (Å²) in [5, 5.41) is 4.30. The summed E-state index contributed by atoms with van der Waals surface area (Å²) in [7, 11) is 0. The zero-order valence-electron chi connectivity index (χ0n) is 9.78.